The lowest BCUT2D eigenvalue weighted by Crippen LogP contribution is -2.28. The summed E-state index contributed by atoms with van der Waals surface area (Å²) in [7, 11) is 1.33. The van der Waals surface area contributed by atoms with Gasteiger partial charge >= 0.3 is 6.61 Å². The first-order valence-corrected chi connectivity index (χ1v) is 6.10. The van der Waals surface area contributed by atoms with Crippen molar-refractivity contribution < 1.29 is 23.0 Å². The number of benzene rings is 1. The van der Waals surface area contributed by atoms with Gasteiger partial charge in [0.15, 0.2) is 11.5 Å². The molecule has 0 aliphatic carbocycles. The van der Waals surface area contributed by atoms with Crippen LogP contribution in [0.4, 0.5) is 8.78 Å². The molecule has 0 radical (unpaired) electrons. The smallest absolute Gasteiger partial charge is 0.387 e. The van der Waals surface area contributed by atoms with E-state index in [1.54, 1.807) is 0 Å². The van der Waals surface area contributed by atoms with Gasteiger partial charge in [0.2, 0.25) is 0 Å². The van der Waals surface area contributed by atoms with Crippen LogP contribution in [0.25, 0.3) is 0 Å². The predicted octanol–water partition coefficient (Wildman–Crippen LogP) is 1.76. The van der Waals surface area contributed by atoms with Crippen LogP contribution in [0, 0.1) is 0 Å². The van der Waals surface area contributed by atoms with Crippen molar-refractivity contribution in [1.29, 1.82) is 0 Å². The second kappa shape index (κ2) is 7.64. The van der Waals surface area contributed by atoms with E-state index in [1.165, 1.54) is 25.3 Å². The largest absolute Gasteiger partial charge is 0.493 e. The van der Waals surface area contributed by atoms with Crippen molar-refractivity contribution in [3.63, 3.8) is 0 Å². The number of nitrogens with one attached hydrogen (secondary N) is 1. The molecule has 0 saturated heterocycles. The molecule has 20 heavy (non-hydrogen) atoms. The number of hydrogen-bond donors (Lipinski definition) is 2. The molecule has 1 unspecified atom stereocenters. The summed E-state index contributed by atoms with van der Waals surface area (Å²) in [6, 6.07) is 4.06. The van der Waals surface area contributed by atoms with Crippen LogP contribution in [0.5, 0.6) is 11.5 Å². The Morgan fingerprint density at radius 1 is 1.40 bits per heavy atom. The first-order valence-electron chi connectivity index (χ1n) is 6.10. The van der Waals surface area contributed by atoms with Gasteiger partial charge in [-0.25, -0.2) is 0 Å². The van der Waals surface area contributed by atoms with Crippen LogP contribution in [0.3, 0.4) is 0 Å². The Bertz CT molecular complexity index is 453. The highest BCUT2D eigenvalue weighted by Gasteiger charge is 2.14. The predicted molar refractivity (Wildman–Crippen MR) is 70.2 cm³/mol. The van der Waals surface area contributed by atoms with E-state index in [0.29, 0.717) is 13.0 Å². The number of carbonyl (C=O) groups is 1. The van der Waals surface area contributed by atoms with Gasteiger partial charge in [-0.1, -0.05) is 0 Å². The summed E-state index contributed by atoms with van der Waals surface area (Å²) < 4.78 is 33.7. The maximum Gasteiger partial charge on any atom is 0.387 e. The van der Waals surface area contributed by atoms with Gasteiger partial charge < -0.3 is 20.5 Å². The third kappa shape index (κ3) is 5.00. The normalized spacial score (nSPS) is 12.1. The van der Waals surface area contributed by atoms with Crippen LogP contribution >= 0.6 is 0 Å². The van der Waals surface area contributed by atoms with E-state index < -0.39 is 6.61 Å². The fraction of sp³-hybridized carbons (Fsp3) is 0.462. The average Bonchev–Trinajstić information content (AvgIpc) is 2.37. The highest BCUT2D eigenvalue weighted by molar-refractivity contribution is 5.94. The molecule has 7 heteroatoms. The zero-order chi connectivity index (χ0) is 15.1. The number of ether oxygens (including phenoxy) is 2. The lowest BCUT2D eigenvalue weighted by Gasteiger charge is -2.12. The monoisotopic (exact) mass is 288 g/mol. The number of halogens is 2. The van der Waals surface area contributed by atoms with E-state index in [0.717, 1.165) is 0 Å². The molecule has 0 spiro atoms. The Labute approximate surface area is 116 Å². The molecule has 0 heterocycles. The fourth-order valence-electron chi connectivity index (χ4n) is 1.52. The van der Waals surface area contributed by atoms with E-state index in [2.05, 4.69) is 10.1 Å². The lowest BCUT2D eigenvalue weighted by molar-refractivity contribution is -0.0512. The van der Waals surface area contributed by atoms with Gasteiger partial charge in [0, 0.05) is 18.2 Å². The Balaban J connectivity index is 2.77. The van der Waals surface area contributed by atoms with E-state index in [1.807, 2.05) is 6.92 Å². The summed E-state index contributed by atoms with van der Waals surface area (Å²) in [5.74, 6) is -0.424. The molecule has 0 aromatic heterocycles. The molecule has 112 valence electrons. The number of amides is 1. The highest BCUT2D eigenvalue weighted by atomic mass is 19.3. The van der Waals surface area contributed by atoms with E-state index >= 15 is 0 Å². The highest BCUT2D eigenvalue weighted by Crippen LogP contribution is 2.29. The SMILES string of the molecule is COc1ccc(C(=O)NCCC(C)N)cc1OC(F)F. The van der Waals surface area contributed by atoms with E-state index in [4.69, 9.17) is 10.5 Å². The second-order valence-electron chi connectivity index (χ2n) is 4.27. The van der Waals surface area contributed by atoms with Crippen LogP contribution in [-0.2, 0) is 0 Å². The van der Waals surface area contributed by atoms with E-state index in [-0.39, 0.29) is 29.0 Å². The molecule has 0 saturated carbocycles. The van der Waals surface area contributed by atoms with Crippen molar-refractivity contribution in [2.75, 3.05) is 13.7 Å². The van der Waals surface area contributed by atoms with Crippen molar-refractivity contribution in [3.05, 3.63) is 23.8 Å². The van der Waals surface area contributed by atoms with Gasteiger partial charge in [-0.2, -0.15) is 8.78 Å². The number of carbonyl (C=O) groups excluding carboxylic acids is 1. The Morgan fingerprint density at radius 2 is 2.10 bits per heavy atom. The topological polar surface area (TPSA) is 73.6 Å². The molecular formula is C13H18F2N2O3. The van der Waals surface area contributed by atoms with E-state index in [9.17, 15) is 13.6 Å². The molecule has 0 fully saturated rings. The standard InChI is InChI=1S/C13H18F2N2O3/c1-8(16)5-6-17-12(18)9-3-4-10(19-2)11(7-9)20-13(14)15/h3-4,7-8,13H,5-6,16H2,1-2H3,(H,17,18). The van der Waals surface area contributed by atoms with Gasteiger partial charge in [0.05, 0.1) is 7.11 Å². The summed E-state index contributed by atoms with van der Waals surface area (Å²) in [5.41, 5.74) is 5.78. The average molecular weight is 288 g/mol. The summed E-state index contributed by atoms with van der Waals surface area (Å²) >= 11 is 0. The van der Waals surface area contributed by atoms with Crippen LogP contribution < -0.4 is 20.5 Å². The van der Waals surface area contributed by atoms with Crippen molar-refractivity contribution >= 4 is 5.91 Å². The zero-order valence-corrected chi connectivity index (χ0v) is 11.4. The number of methoxy groups -OCH3 is 1. The maximum atomic E-state index is 12.3. The molecule has 1 aromatic rings. The van der Waals surface area contributed by atoms with Crippen molar-refractivity contribution in [1.82, 2.24) is 5.32 Å². The zero-order valence-electron chi connectivity index (χ0n) is 11.4. The molecule has 5 nitrogen and oxygen atoms in total. The summed E-state index contributed by atoms with van der Waals surface area (Å²) in [6.07, 6.45) is 0.627. The molecule has 0 aliphatic rings. The van der Waals surface area contributed by atoms with Crippen LogP contribution in [0.2, 0.25) is 0 Å². The lowest BCUT2D eigenvalue weighted by atomic mass is 10.2. The molecule has 1 aromatic carbocycles. The van der Waals surface area contributed by atoms with Crippen LogP contribution in [0.15, 0.2) is 18.2 Å². The first kappa shape index (κ1) is 16.2. The summed E-state index contributed by atoms with van der Waals surface area (Å²) in [6.45, 7) is -0.748. The van der Waals surface area contributed by atoms with Gasteiger partial charge in [0.25, 0.3) is 5.91 Å². The van der Waals surface area contributed by atoms with Crippen molar-refractivity contribution in [2.45, 2.75) is 26.0 Å². The third-order valence-electron chi connectivity index (χ3n) is 2.53. The quantitative estimate of drug-likeness (QED) is 0.802. The van der Waals surface area contributed by atoms with Gasteiger partial charge in [-0.15, -0.1) is 0 Å². The number of nitrogens with two attached hydrogens (primary N) is 1. The minimum Gasteiger partial charge on any atom is -0.493 e. The minimum atomic E-state index is -2.99. The molecule has 1 rings (SSSR count). The summed E-state index contributed by atoms with van der Waals surface area (Å²) in [4.78, 5) is 11.8. The first-order chi connectivity index (χ1) is 9.43. The third-order valence-corrected chi connectivity index (χ3v) is 2.53. The summed E-state index contributed by atoms with van der Waals surface area (Å²) in [5, 5.41) is 2.65. The van der Waals surface area contributed by atoms with Crippen molar-refractivity contribution in [3.8, 4) is 11.5 Å². The molecular weight excluding hydrogens is 270 g/mol. The number of alkyl halides is 2. The van der Waals surface area contributed by atoms with Crippen LogP contribution in [-0.4, -0.2) is 32.2 Å². The van der Waals surface area contributed by atoms with Crippen molar-refractivity contribution in [2.24, 2.45) is 5.73 Å². The Morgan fingerprint density at radius 3 is 2.65 bits per heavy atom. The van der Waals surface area contributed by atoms with Gasteiger partial charge in [-0.05, 0) is 31.5 Å². The van der Waals surface area contributed by atoms with Gasteiger partial charge in [0.1, 0.15) is 0 Å². The molecule has 0 aliphatic heterocycles. The Kier molecular flexibility index (Phi) is 6.17. The molecule has 1 atom stereocenters. The van der Waals surface area contributed by atoms with Gasteiger partial charge in [-0.3, -0.25) is 4.79 Å². The molecule has 0 bridgehead atoms. The maximum absolute atomic E-state index is 12.3. The minimum absolute atomic E-state index is 0.0242. The number of hydrogen-bond acceptors (Lipinski definition) is 4. The number of rotatable bonds is 7. The second-order valence-corrected chi connectivity index (χ2v) is 4.27. The molecule has 3 N–H and O–H groups in total. The van der Waals surface area contributed by atoms with Crippen LogP contribution in [0.1, 0.15) is 23.7 Å². The fourth-order valence-corrected chi connectivity index (χ4v) is 1.52. The molecule has 1 amide bonds. The Hall–Kier alpha value is -1.89.